The Hall–Kier alpha value is -3.41. The highest BCUT2D eigenvalue weighted by atomic mass is 19.4. The van der Waals surface area contributed by atoms with Gasteiger partial charge in [0, 0.05) is 18.5 Å². The van der Waals surface area contributed by atoms with Gasteiger partial charge < -0.3 is 9.84 Å². The quantitative estimate of drug-likeness (QED) is 0.555. The summed E-state index contributed by atoms with van der Waals surface area (Å²) in [6.07, 6.45) is -5.46. The van der Waals surface area contributed by atoms with Crippen molar-refractivity contribution in [1.29, 1.82) is 5.26 Å². The number of halogens is 3. The zero-order valence-electron chi connectivity index (χ0n) is 15.4. The zero-order chi connectivity index (χ0) is 21.6. The van der Waals surface area contributed by atoms with Gasteiger partial charge in [0.15, 0.2) is 11.5 Å². The largest absolute Gasteiger partial charge is 0.504 e. The van der Waals surface area contributed by atoms with Crippen LogP contribution in [0, 0.1) is 11.3 Å². The maximum atomic E-state index is 13.2. The fourth-order valence-electron chi connectivity index (χ4n) is 2.67. The van der Waals surface area contributed by atoms with E-state index in [0.717, 1.165) is 12.1 Å². The number of carbonyl (C=O) groups is 2. The third-order valence-electron chi connectivity index (χ3n) is 3.99. The lowest BCUT2D eigenvalue weighted by atomic mass is 10.00. The van der Waals surface area contributed by atoms with E-state index in [9.17, 15) is 33.1 Å². The third kappa shape index (κ3) is 5.54. The molecule has 1 heterocycles. The molecule has 0 spiro atoms. The molecule has 1 N–H and O–H groups in total. The highest BCUT2D eigenvalue weighted by Crippen LogP contribution is 2.33. The number of nitriles is 1. The molecule has 0 radical (unpaired) electrons. The molecular formula is C20H17F3N2O4. The number of hydrogen-bond acceptors (Lipinski definition) is 6. The standard InChI is InChI=1S/C20H17F3N2O4/c1-2-29-17(27)8-7-16(26)18-19(28)13(11-24)10-14(25-18)9-12-5-3-4-6-15(12)20(21,22)23/h3-6,10,28H,2,7-9H2,1H3. The van der Waals surface area contributed by atoms with Crippen molar-refractivity contribution in [3.05, 3.63) is 58.4 Å². The van der Waals surface area contributed by atoms with Crippen molar-refractivity contribution < 1.29 is 32.6 Å². The van der Waals surface area contributed by atoms with Crippen molar-refractivity contribution in [2.45, 2.75) is 32.4 Å². The summed E-state index contributed by atoms with van der Waals surface area (Å²) in [7, 11) is 0. The van der Waals surface area contributed by atoms with Gasteiger partial charge in [-0.1, -0.05) is 18.2 Å². The summed E-state index contributed by atoms with van der Waals surface area (Å²) in [5.41, 5.74) is -1.70. The first-order valence-corrected chi connectivity index (χ1v) is 8.64. The molecule has 152 valence electrons. The number of Topliss-reactive ketones (excluding diaryl/α,β-unsaturated/α-hetero) is 1. The number of aromatic hydroxyl groups is 1. The Morgan fingerprint density at radius 1 is 1.24 bits per heavy atom. The number of ketones is 1. The Kier molecular flexibility index (Phi) is 6.93. The lowest BCUT2D eigenvalue weighted by molar-refractivity contribution is -0.143. The summed E-state index contributed by atoms with van der Waals surface area (Å²) in [5.74, 6) is -2.01. The summed E-state index contributed by atoms with van der Waals surface area (Å²) >= 11 is 0. The van der Waals surface area contributed by atoms with Crippen molar-refractivity contribution in [2.75, 3.05) is 6.61 Å². The number of carbonyl (C=O) groups excluding carboxylic acids is 2. The average molecular weight is 406 g/mol. The van der Waals surface area contributed by atoms with E-state index in [1.54, 1.807) is 13.0 Å². The molecule has 0 amide bonds. The number of esters is 1. The van der Waals surface area contributed by atoms with Crippen molar-refractivity contribution in [3.8, 4) is 11.8 Å². The highest BCUT2D eigenvalue weighted by molar-refractivity contribution is 5.98. The first kappa shape index (κ1) is 21.9. The first-order chi connectivity index (χ1) is 13.7. The SMILES string of the molecule is CCOC(=O)CCC(=O)c1nc(Cc2ccccc2C(F)(F)F)cc(C#N)c1O. The molecule has 0 atom stereocenters. The fraction of sp³-hybridized carbons (Fsp3) is 0.300. The van der Waals surface area contributed by atoms with E-state index in [4.69, 9.17) is 4.74 Å². The van der Waals surface area contributed by atoms with Gasteiger partial charge in [-0.05, 0) is 24.6 Å². The van der Waals surface area contributed by atoms with Crippen LogP contribution in [0.15, 0.2) is 30.3 Å². The molecular weight excluding hydrogens is 389 g/mol. The van der Waals surface area contributed by atoms with Gasteiger partial charge in [0.05, 0.1) is 24.2 Å². The number of rotatable bonds is 7. The predicted molar refractivity (Wildman–Crippen MR) is 95.1 cm³/mol. The number of alkyl halides is 3. The molecule has 2 aromatic rings. The maximum absolute atomic E-state index is 13.2. The summed E-state index contributed by atoms with van der Waals surface area (Å²) < 4.78 is 44.3. The van der Waals surface area contributed by atoms with Crippen LogP contribution in [0.25, 0.3) is 0 Å². The number of ether oxygens (including phenoxy) is 1. The zero-order valence-corrected chi connectivity index (χ0v) is 15.4. The molecule has 0 saturated heterocycles. The molecule has 9 heteroatoms. The number of hydrogen-bond donors (Lipinski definition) is 1. The van der Waals surface area contributed by atoms with E-state index in [0.29, 0.717) is 0 Å². The number of pyridine rings is 1. The van der Waals surface area contributed by atoms with Gasteiger partial charge in [0.1, 0.15) is 11.8 Å². The maximum Gasteiger partial charge on any atom is 0.416 e. The molecule has 0 aliphatic heterocycles. The molecule has 0 fully saturated rings. The van der Waals surface area contributed by atoms with Gasteiger partial charge in [0.25, 0.3) is 0 Å². The molecule has 0 saturated carbocycles. The second-order valence-corrected chi connectivity index (χ2v) is 6.03. The van der Waals surface area contributed by atoms with Crippen molar-refractivity contribution in [3.63, 3.8) is 0 Å². The van der Waals surface area contributed by atoms with Gasteiger partial charge >= 0.3 is 12.1 Å². The van der Waals surface area contributed by atoms with Gasteiger partial charge in [0.2, 0.25) is 0 Å². The Bertz CT molecular complexity index is 965. The van der Waals surface area contributed by atoms with E-state index in [1.165, 1.54) is 18.2 Å². The van der Waals surface area contributed by atoms with E-state index in [2.05, 4.69) is 4.98 Å². The lowest BCUT2D eigenvalue weighted by Gasteiger charge is -2.13. The summed E-state index contributed by atoms with van der Waals surface area (Å²) in [6.45, 7) is 1.75. The van der Waals surface area contributed by atoms with Crippen LogP contribution in [0.1, 0.15) is 52.6 Å². The molecule has 2 rings (SSSR count). The van der Waals surface area contributed by atoms with Gasteiger partial charge in [-0.2, -0.15) is 18.4 Å². The lowest BCUT2D eigenvalue weighted by Crippen LogP contribution is -2.12. The molecule has 6 nitrogen and oxygen atoms in total. The van der Waals surface area contributed by atoms with E-state index >= 15 is 0 Å². The Morgan fingerprint density at radius 2 is 1.93 bits per heavy atom. The Balaban J connectivity index is 2.36. The topological polar surface area (TPSA) is 100 Å². The minimum atomic E-state index is -4.58. The monoisotopic (exact) mass is 406 g/mol. The highest BCUT2D eigenvalue weighted by Gasteiger charge is 2.33. The van der Waals surface area contributed by atoms with Crippen LogP contribution in [0.2, 0.25) is 0 Å². The van der Waals surface area contributed by atoms with E-state index in [1.807, 2.05) is 0 Å². The molecule has 0 unspecified atom stereocenters. The molecule has 0 bridgehead atoms. The predicted octanol–water partition coefficient (Wildman–Crippen LogP) is 3.79. The Labute approximate surface area is 164 Å². The molecule has 1 aromatic carbocycles. The van der Waals surface area contributed by atoms with Crippen LogP contribution in [0.3, 0.4) is 0 Å². The summed E-state index contributed by atoms with van der Waals surface area (Å²) in [5, 5.41) is 19.3. The van der Waals surface area contributed by atoms with Crippen LogP contribution in [0.5, 0.6) is 5.75 Å². The second-order valence-electron chi connectivity index (χ2n) is 6.03. The van der Waals surface area contributed by atoms with Crippen LogP contribution in [-0.4, -0.2) is 28.4 Å². The Morgan fingerprint density at radius 3 is 2.55 bits per heavy atom. The average Bonchev–Trinajstić information content (AvgIpc) is 2.67. The summed E-state index contributed by atoms with van der Waals surface area (Å²) in [4.78, 5) is 27.7. The van der Waals surface area contributed by atoms with Crippen LogP contribution < -0.4 is 0 Å². The number of aromatic nitrogens is 1. The second kappa shape index (κ2) is 9.19. The van der Waals surface area contributed by atoms with Crippen molar-refractivity contribution in [1.82, 2.24) is 4.98 Å². The van der Waals surface area contributed by atoms with E-state index < -0.39 is 34.9 Å². The molecule has 1 aromatic heterocycles. The molecule has 29 heavy (non-hydrogen) atoms. The number of nitrogens with zero attached hydrogens (tertiary/aromatic N) is 2. The van der Waals surface area contributed by atoms with Gasteiger partial charge in [-0.25, -0.2) is 4.98 Å². The van der Waals surface area contributed by atoms with E-state index in [-0.39, 0.29) is 42.7 Å². The molecule has 0 aliphatic carbocycles. The van der Waals surface area contributed by atoms with Gasteiger partial charge in [-0.3, -0.25) is 9.59 Å². The third-order valence-corrected chi connectivity index (χ3v) is 3.99. The fourth-order valence-corrected chi connectivity index (χ4v) is 2.67. The van der Waals surface area contributed by atoms with Gasteiger partial charge in [-0.15, -0.1) is 0 Å². The first-order valence-electron chi connectivity index (χ1n) is 8.64. The minimum Gasteiger partial charge on any atom is -0.504 e. The summed E-state index contributed by atoms with van der Waals surface area (Å²) in [6, 6.07) is 7.70. The smallest absolute Gasteiger partial charge is 0.416 e. The van der Waals surface area contributed by atoms with Crippen LogP contribution in [-0.2, 0) is 22.1 Å². The molecule has 0 aliphatic rings. The van der Waals surface area contributed by atoms with Crippen LogP contribution in [0.4, 0.5) is 13.2 Å². The normalized spacial score (nSPS) is 11.0. The van der Waals surface area contributed by atoms with Crippen molar-refractivity contribution in [2.24, 2.45) is 0 Å². The number of benzene rings is 1. The van der Waals surface area contributed by atoms with Crippen LogP contribution >= 0.6 is 0 Å². The van der Waals surface area contributed by atoms with Crippen molar-refractivity contribution >= 4 is 11.8 Å². The minimum absolute atomic E-state index is 0.00975.